The van der Waals surface area contributed by atoms with E-state index in [0.717, 1.165) is 0 Å². The Balaban J connectivity index is 2.50. The highest BCUT2D eigenvalue weighted by atomic mass is 16.5. The van der Waals surface area contributed by atoms with Crippen LogP contribution in [-0.2, 0) is 9.53 Å². The molecule has 0 atom stereocenters. The molecular formula is C19H18O7. The van der Waals surface area contributed by atoms with Gasteiger partial charge in [-0.25, -0.2) is 9.59 Å². The van der Waals surface area contributed by atoms with Crippen molar-refractivity contribution in [1.82, 2.24) is 0 Å². The number of aromatic hydroxyl groups is 1. The zero-order chi connectivity index (χ0) is 19.3. The maximum Gasteiger partial charge on any atom is 0.341 e. The third-order valence-corrected chi connectivity index (χ3v) is 3.66. The average molecular weight is 358 g/mol. The first-order valence-corrected chi connectivity index (χ1v) is 7.50. The van der Waals surface area contributed by atoms with E-state index in [-0.39, 0.29) is 22.4 Å². The van der Waals surface area contributed by atoms with Crippen LogP contribution in [0.1, 0.15) is 21.5 Å². The number of carbonyl (C=O) groups excluding carboxylic acids is 1. The second kappa shape index (κ2) is 8.06. The minimum atomic E-state index is -1.19. The van der Waals surface area contributed by atoms with E-state index in [4.69, 9.17) is 9.47 Å². The number of carboxylic acid groups (broad SMARTS) is 1. The number of phenols is 1. The number of carboxylic acids is 1. The molecule has 2 aromatic rings. The molecule has 0 aromatic heterocycles. The first-order chi connectivity index (χ1) is 12.4. The predicted octanol–water partition coefficient (Wildman–Crippen LogP) is 2.82. The van der Waals surface area contributed by atoms with E-state index in [9.17, 15) is 19.8 Å². The van der Waals surface area contributed by atoms with Gasteiger partial charge in [-0.05, 0) is 41.5 Å². The molecule has 0 fully saturated rings. The summed E-state index contributed by atoms with van der Waals surface area (Å²) >= 11 is 0. The summed E-state index contributed by atoms with van der Waals surface area (Å²) in [6.07, 6.45) is 1.43. The third kappa shape index (κ3) is 3.94. The van der Waals surface area contributed by atoms with Crippen LogP contribution in [0.2, 0.25) is 0 Å². The predicted molar refractivity (Wildman–Crippen MR) is 94.5 cm³/mol. The monoisotopic (exact) mass is 358 g/mol. The molecule has 7 heteroatoms. The summed E-state index contributed by atoms with van der Waals surface area (Å²) in [6, 6.07) is 8.89. The summed E-state index contributed by atoms with van der Waals surface area (Å²) in [6.45, 7) is 0. The molecule has 0 saturated carbocycles. The molecule has 136 valence electrons. The highest BCUT2D eigenvalue weighted by Crippen LogP contribution is 2.30. The van der Waals surface area contributed by atoms with Crippen molar-refractivity contribution in [1.29, 1.82) is 0 Å². The topological polar surface area (TPSA) is 102 Å². The van der Waals surface area contributed by atoms with Crippen molar-refractivity contribution in [2.24, 2.45) is 0 Å². The maximum atomic E-state index is 11.7. The first kappa shape index (κ1) is 18.9. The number of benzene rings is 2. The van der Waals surface area contributed by atoms with E-state index >= 15 is 0 Å². The van der Waals surface area contributed by atoms with E-state index in [1.54, 1.807) is 18.2 Å². The van der Waals surface area contributed by atoms with Gasteiger partial charge in [-0.1, -0.05) is 12.1 Å². The van der Waals surface area contributed by atoms with Crippen molar-refractivity contribution < 1.29 is 34.0 Å². The van der Waals surface area contributed by atoms with Crippen molar-refractivity contribution in [3.05, 3.63) is 53.1 Å². The number of carbonyl (C=O) groups is 2. The fourth-order valence-electron chi connectivity index (χ4n) is 2.36. The Kier molecular flexibility index (Phi) is 5.85. The minimum Gasteiger partial charge on any atom is -0.507 e. The van der Waals surface area contributed by atoms with Gasteiger partial charge in [0.15, 0.2) is 11.5 Å². The maximum absolute atomic E-state index is 11.7. The van der Waals surface area contributed by atoms with Crippen molar-refractivity contribution in [2.75, 3.05) is 21.3 Å². The van der Waals surface area contributed by atoms with Gasteiger partial charge >= 0.3 is 11.9 Å². The smallest absolute Gasteiger partial charge is 0.341 e. The number of methoxy groups -OCH3 is 3. The average Bonchev–Trinajstić information content (AvgIpc) is 2.64. The molecule has 0 aliphatic rings. The number of rotatable bonds is 6. The molecule has 0 spiro atoms. The lowest BCUT2D eigenvalue weighted by Gasteiger charge is -2.09. The molecule has 0 amide bonds. The molecule has 2 rings (SSSR count). The summed E-state index contributed by atoms with van der Waals surface area (Å²) in [4.78, 5) is 23.2. The van der Waals surface area contributed by atoms with Gasteiger partial charge in [-0.15, -0.1) is 0 Å². The SMILES string of the molecule is COC(=O)c1ccc(C(=Cc2ccc(OC)c(OC)c2)C(=O)O)cc1O. The largest absolute Gasteiger partial charge is 0.507 e. The lowest BCUT2D eigenvalue weighted by molar-refractivity contribution is -0.130. The number of hydrogen-bond acceptors (Lipinski definition) is 6. The van der Waals surface area contributed by atoms with Crippen LogP contribution in [-0.4, -0.2) is 43.5 Å². The molecular weight excluding hydrogens is 340 g/mol. The molecule has 0 aliphatic carbocycles. The highest BCUT2D eigenvalue weighted by molar-refractivity contribution is 6.20. The van der Waals surface area contributed by atoms with E-state index < -0.39 is 11.9 Å². The van der Waals surface area contributed by atoms with Gasteiger partial charge in [0.1, 0.15) is 11.3 Å². The third-order valence-electron chi connectivity index (χ3n) is 3.66. The molecule has 7 nitrogen and oxygen atoms in total. The molecule has 0 saturated heterocycles. The number of ether oxygens (including phenoxy) is 3. The molecule has 26 heavy (non-hydrogen) atoms. The number of aliphatic carboxylic acids is 1. The van der Waals surface area contributed by atoms with E-state index in [0.29, 0.717) is 17.1 Å². The zero-order valence-electron chi connectivity index (χ0n) is 14.5. The Hall–Kier alpha value is -3.48. The molecule has 0 heterocycles. The molecule has 2 N–H and O–H groups in total. The fraction of sp³-hybridized carbons (Fsp3) is 0.158. The zero-order valence-corrected chi connectivity index (χ0v) is 14.5. The Morgan fingerprint density at radius 2 is 1.65 bits per heavy atom. The van der Waals surface area contributed by atoms with Gasteiger partial charge in [0.05, 0.1) is 26.9 Å². The van der Waals surface area contributed by atoms with Gasteiger partial charge in [-0.3, -0.25) is 0 Å². The van der Waals surface area contributed by atoms with Crippen LogP contribution in [0.3, 0.4) is 0 Å². The van der Waals surface area contributed by atoms with E-state index in [1.807, 2.05) is 0 Å². The van der Waals surface area contributed by atoms with Crippen molar-refractivity contribution in [3.63, 3.8) is 0 Å². The number of hydrogen-bond donors (Lipinski definition) is 2. The molecule has 0 radical (unpaired) electrons. The second-order valence-corrected chi connectivity index (χ2v) is 5.20. The number of phenolic OH excluding ortho intramolecular Hbond substituents is 1. The minimum absolute atomic E-state index is 0.0490. The quantitative estimate of drug-likeness (QED) is 0.465. The van der Waals surface area contributed by atoms with Gasteiger partial charge in [0.2, 0.25) is 0 Å². The van der Waals surface area contributed by atoms with Crippen LogP contribution in [0.4, 0.5) is 0 Å². The first-order valence-electron chi connectivity index (χ1n) is 7.50. The molecule has 0 aliphatic heterocycles. The Morgan fingerprint density at radius 1 is 0.962 bits per heavy atom. The van der Waals surface area contributed by atoms with Gasteiger partial charge in [0, 0.05) is 0 Å². The standard InChI is InChI=1S/C19H18O7/c1-24-16-7-4-11(9-17(16)25-2)8-14(18(21)22)12-5-6-13(15(20)10-12)19(23)26-3/h4-10,20H,1-3H3,(H,21,22). The van der Waals surface area contributed by atoms with E-state index in [1.165, 1.54) is 45.6 Å². The van der Waals surface area contributed by atoms with Crippen LogP contribution in [0, 0.1) is 0 Å². The summed E-state index contributed by atoms with van der Waals surface area (Å²) in [5.74, 6) is -1.30. The second-order valence-electron chi connectivity index (χ2n) is 5.20. The van der Waals surface area contributed by atoms with Crippen LogP contribution in [0.15, 0.2) is 36.4 Å². The summed E-state index contributed by atoms with van der Waals surface area (Å²) in [7, 11) is 4.17. The van der Waals surface area contributed by atoms with Gasteiger partial charge in [-0.2, -0.15) is 0 Å². The normalized spacial score (nSPS) is 11.0. The lowest BCUT2D eigenvalue weighted by Crippen LogP contribution is -2.04. The van der Waals surface area contributed by atoms with Crippen molar-refractivity contribution >= 4 is 23.6 Å². The molecule has 2 aromatic carbocycles. The highest BCUT2D eigenvalue weighted by Gasteiger charge is 2.17. The molecule has 0 unspecified atom stereocenters. The van der Waals surface area contributed by atoms with Crippen LogP contribution < -0.4 is 9.47 Å². The Bertz CT molecular complexity index is 868. The van der Waals surface area contributed by atoms with Crippen LogP contribution >= 0.6 is 0 Å². The van der Waals surface area contributed by atoms with Crippen LogP contribution in [0.25, 0.3) is 11.6 Å². The Labute approximate surface area is 150 Å². The molecule has 0 bridgehead atoms. The number of esters is 1. The summed E-state index contributed by atoms with van der Waals surface area (Å²) in [5, 5.41) is 19.5. The fourth-order valence-corrected chi connectivity index (χ4v) is 2.36. The van der Waals surface area contributed by atoms with E-state index in [2.05, 4.69) is 4.74 Å². The lowest BCUT2D eigenvalue weighted by atomic mass is 10.0. The van der Waals surface area contributed by atoms with Gasteiger partial charge < -0.3 is 24.4 Å². The van der Waals surface area contributed by atoms with Crippen molar-refractivity contribution in [2.45, 2.75) is 0 Å². The Morgan fingerprint density at radius 3 is 2.19 bits per heavy atom. The van der Waals surface area contributed by atoms with Crippen molar-refractivity contribution in [3.8, 4) is 17.2 Å². The van der Waals surface area contributed by atoms with Crippen LogP contribution in [0.5, 0.6) is 17.2 Å². The summed E-state index contributed by atoms with van der Waals surface area (Å²) in [5.41, 5.74) is 0.685. The van der Waals surface area contributed by atoms with Gasteiger partial charge in [0.25, 0.3) is 0 Å². The summed E-state index contributed by atoms with van der Waals surface area (Å²) < 4.78 is 14.9.